The summed E-state index contributed by atoms with van der Waals surface area (Å²) >= 11 is 0. The summed E-state index contributed by atoms with van der Waals surface area (Å²) in [6.45, 7) is 7.22. The first-order valence-corrected chi connectivity index (χ1v) is 35.1. The van der Waals surface area contributed by atoms with Gasteiger partial charge >= 0.3 is 15.6 Å². The number of imide groups is 3. The molecular formula is C85H56F6N6O12S. The first kappa shape index (κ1) is 73.0. The molecule has 18 nitrogen and oxygen atoms in total. The average molecular weight is 1500 g/mol. The SMILES string of the molecule is C=Cc1c2c(c(O)c3ncccc13)C(=O)N(Cc1ccc(F)cc1)C2=O.C=Cc1c2c(c(OC(c3ccccc3)c3ccccc3)c3ncccc13)C(=O)N(Cc1ccc(F)cc1)C2=O.O=C1c2c(c(OC(c3ccccc3)c3ccccc3)c3ncccc3c2OS(=O)(=O)C(F)(F)F)C(=O)N1Cc1ccc(F)cc1. The fourth-order valence-electron chi connectivity index (χ4n) is 13.3. The third-order valence-electron chi connectivity index (χ3n) is 18.4. The van der Waals surface area contributed by atoms with Gasteiger partial charge in [-0.3, -0.25) is 58.4 Å². The third kappa shape index (κ3) is 13.8. The Labute approximate surface area is 622 Å². The molecule has 0 radical (unpaired) electrons. The minimum Gasteiger partial charge on any atom is -0.505 e. The van der Waals surface area contributed by atoms with Gasteiger partial charge in [-0.25, -0.2) is 13.2 Å². The van der Waals surface area contributed by atoms with E-state index in [1.165, 1.54) is 79.1 Å². The smallest absolute Gasteiger partial charge is 0.505 e. The van der Waals surface area contributed by atoms with Gasteiger partial charge in [0.15, 0.2) is 23.0 Å². The average Bonchev–Trinajstić information content (AvgIpc) is 1.60. The number of carbonyl (C=O) groups excluding carboxylic acids is 6. The van der Waals surface area contributed by atoms with Crippen LogP contribution in [0.15, 0.2) is 262 Å². The number of pyridine rings is 3. The van der Waals surface area contributed by atoms with E-state index >= 15 is 0 Å². The summed E-state index contributed by atoms with van der Waals surface area (Å²) in [6.07, 6.45) is 5.98. The standard InChI is InChI=1S/C33H23FN2O3.C32H20F4N2O6S.C20H13FN2O3/c1-2-25-26-14-9-19-35-29(26)31(39-30(22-10-5-3-6-11-22)23-12-7-4-8-13-23)28-27(25)32(37)36(33(28)38)20-21-15-17-24(34)18-16-21;33-22-15-13-19(14-16-22)18-38-30(39)24-25(31(38)40)29(43-27(20-8-3-1-4-9-20)21-10-5-2-6-11-21)26-23(12-7-17-37-26)28(24)44-45(41,42)32(34,35)36;1-2-13-14-4-3-9-22-17(14)18(24)16-15(13)19(25)23(20(16)26)10-11-5-7-12(21)8-6-11/h2-19,30H,1,20H2;1-17,27H,18H2;2-9,24H,1,10H2. The van der Waals surface area contributed by atoms with Gasteiger partial charge < -0.3 is 18.8 Å². The molecule has 0 atom stereocenters. The van der Waals surface area contributed by atoms with Gasteiger partial charge in [-0.05, 0) is 111 Å². The number of amides is 6. The number of aromatic nitrogens is 3. The van der Waals surface area contributed by atoms with E-state index in [4.69, 9.17) is 9.47 Å². The highest BCUT2D eigenvalue weighted by atomic mass is 32.2. The molecule has 0 saturated carbocycles. The van der Waals surface area contributed by atoms with Gasteiger partial charge in [-0.2, -0.15) is 21.6 Å². The van der Waals surface area contributed by atoms with Crippen LogP contribution in [-0.2, 0) is 29.8 Å². The Morgan fingerprint density at radius 3 is 1.03 bits per heavy atom. The summed E-state index contributed by atoms with van der Waals surface area (Å²) in [5, 5.41) is 11.4. The molecule has 546 valence electrons. The number of aromatic hydroxyl groups is 1. The molecule has 0 unspecified atom stereocenters. The first-order valence-electron chi connectivity index (χ1n) is 33.7. The number of carbonyl (C=O) groups is 6. The molecule has 3 aliphatic heterocycles. The van der Waals surface area contributed by atoms with Gasteiger partial charge in [-0.1, -0.05) is 195 Å². The molecule has 3 aromatic heterocycles. The van der Waals surface area contributed by atoms with Crippen molar-refractivity contribution in [3.63, 3.8) is 0 Å². The molecule has 3 aliphatic rings. The summed E-state index contributed by atoms with van der Waals surface area (Å²) in [6, 6.07) is 62.6. The fraction of sp³-hybridized carbons (Fsp3) is 0.0706. The number of alkyl halides is 3. The summed E-state index contributed by atoms with van der Waals surface area (Å²) < 4.78 is 123. The second-order valence-corrected chi connectivity index (χ2v) is 26.6. The van der Waals surface area contributed by atoms with Crippen molar-refractivity contribution < 1.29 is 82.3 Å². The number of fused-ring (bicyclic) bond motifs is 6. The monoisotopic (exact) mass is 1500 g/mol. The van der Waals surface area contributed by atoms with E-state index in [0.29, 0.717) is 60.1 Å². The highest BCUT2D eigenvalue weighted by Crippen LogP contribution is 2.49. The second kappa shape index (κ2) is 30.1. The molecule has 6 heterocycles. The van der Waals surface area contributed by atoms with Crippen LogP contribution in [0.4, 0.5) is 26.3 Å². The minimum atomic E-state index is -6.30. The summed E-state index contributed by atoms with van der Waals surface area (Å²) in [5.41, 5.74) is -0.667. The van der Waals surface area contributed by atoms with Crippen LogP contribution >= 0.6 is 0 Å². The molecule has 0 fully saturated rings. The first-order chi connectivity index (χ1) is 53.0. The van der Waals surface area contributed by atoms with Crippen LogP contribution in [0.5, 0.6) is 23.0 Å². The number of phenols is 1. The molecule has 0 spiro atoms. The van der Waals surface area contributed by atoms with Gasteiger partial charge in [-0.15, -0.1) is 0 Å². The summed E-state index contributed by atoms with van der Waals surface area (Å²) in [5.74, 6) is -6.97. The highest BCUT2D eigenvalue weighted by molar-refractivity contribution is 7.88. The fourth-order valence-corrected chi connectivity index (χ4v) is 13.8. The van der Waals surface area contributed by atoms with Crippen LogP contribution in [0.25, 0.3) is 44.9 Å². The number of ether oxygens (including phenoxy) is 2. The Balaban J connectivity index is 0.000000142. The number of phenolic OH excluding ortho intramolecular Hbond substituents is 1. The van der Waals surface area contributed by atoms with Crippen molar-refractivity contribution in [2.45, 2.75) is 37.4 Å². The maximum Gasteiger partial charge on any atom is 0.534 e. The quantitative estimate of drug-likeness (QED) is 0.0364. The minimum absolute atomic E-state index is 0.00672. The molecule has 16 rings (SSSR count). The van der Waals surface area contributed by atoms with Crippen molar-refractivity contribution in [2.75, 3.05) is 0 Å². The van der Waals surface area contributed by atoms with E-state index in [1.54, 1.807) is 103 Å². The Morgan fingerprint density at radius 1 is 0.382 bits per heavy atom. The normalized spacial score (nSPS) is 13.1. The van der Waals surface area contributed by atoms with Gasteiger partial charge in [0.1, 0.15) is 57.3 Å². The number of halogens is 6. The maximum atomic E-state index is 14.0. The van der Waals surface area contributed by atoms with Gasteiger partial charge in [0.05, 0.1) is 41.9 Å². The van der Waals surface area contributed by atoms with E-state index in [1.807, 2.05) is 66.7 Å². The molecule has 10 aromatic carbocycles. The summed E-state index contributed by atoms with van der Waals surface area (Å²) in [7, 11) is -6.30. The van der Waals surface area contributed by atoms with E-state index in [9.17, 15) is 68.6 Å². The predicted molar refractivity (Wildman–Crippen MR) is 395 cm³/mol. The Hall–Kier alpha value is -13.9. The number of hydrogen-bond acceptors (Lipinski definition) is 15. The lowest BCUT2D eigenvalue weighted by Gasteiger charge is -2.23. The topological polar surface area (TPSA) is 233 Å². The van der Waals surface area contributed by atoms with Crippen molar-refractivity contribution in [2.24, 2.45) is 0 Å². The van der Waals surface area contributed by atoms with Crippen molar-refractivity contribution >= 4 is 90.4 Å². The zero-order chi connectivity index (χ0) is 77.3. The number of hydrogen-bond donors (Lipinski definition) is 1. The third-order valence-corrected chi connectivity index (χ3v) is 19.3. The lowest BCUT2D eigenvalue weighted by molar-refractivity contribution is -0.0500. The molecule has 13 aromatic rings. The van der Waals surface area contributed by atoms with Crippen LogP contribution in [-0.4, -0.2) is 84.1 Å². The molecule has 110 heavy (non-hydrogen) atoms. The van der Waals surface area contributed by atoms with E-state index in [-0.39, 0.29) is 69.0 Å². The molecule has 0 aliphatic carbocycles. The Kier molecular flexibility index (Phi) is 20.0. The van der Waals surface area contributed by atoms with E-state index < -0.39 is 104 Å². The zero-order valence-electron chi connectivity index (χ0n) is 57.3. The van der Waals surface area contributed by atoms with E-state index in [2.05, 4.69) is 32.3 Å². The van der Waals surface area contributed by atoms with Crippen molar-refractivity contribution in [3.8, 4) is 23.0 Å². The van der Waals surface area contributed by atoms with Crippen molar-refractivity contribution in [3.05, 3.63) is 363 Å². The molecule has 25 heteroatoms. The molecule has 0 saturated heterocycles. The predicted octanol–water partition coefficient (Wildman–Crippen LogP) is 17.1. The van der Waals surface area contributed by atoms with Gasteiger partial charge in [0.25, 0.3) is 35.4 Å². The number of nitrogens with zero attached hydrogens (tertiary/aromatic N) is 6. The van der Waals surface area contributed by atoms with Gasteiger partial charge in [0, 0.05) is 34.7 Å². The van der Waals surface area contributed by atoms with Crippen molar-refractivity contribution in [1.29, 1.82) is 0 Å². The maximum absolute atomic E-state index is 14.0. The molecule has 6 amide bonds. The Morgan fingerprint density at radius 2 is 0.673 bits per heavy atom. The lowest BCUT2D eigenvalue weighted by Crippen LogP contribution is -2.30. The molecular weight excluding hydrogens is 1440 g/mol. The van der Waals surface area contributed by atoms with Crippen molar-refractivity contribution in [1.82, 2.24) is 29.7 Å². The highest BCUT2D eigenvalue weighted by Gasteiger charge is 2.52. The lowest BCUT2D eigenvalue weighted by atomic mass is 9.95. The van der Waals surface area contributed by atoms with Crippen LogP contribution in [0.3, 0.4) is 0 Å². The van der Waals surface area contributed by atoms with Crippen LogP contribution in [0.2, 0.25) is 0 Å². The zero-order valence-corrected chi connectivity index (χ0v) is 58.1. The number of benzene rings is 10. The van der Waals surface area contributed by atoms with E-state index in [0.717, 1.165) is 33.1 Å². The molecule has 1 N–H and O–H groups in total. The molecule has 0 bridgehead atoms. The summed E-state index contributed by atoms with van der Waals surface area (Å²) in [4.78, 5) is 97.2. The van der Waals surface area contributed by atoms with Crippen LogP contribution in [0, 0.1) is 17.5 Å². The van der Waals surface area contributed by atoms with Crippen LogP contribution < -0.4 is 13.7 Å². The van der Waals surface area contributed by atoms with Crippen LogP contribution in [0.1, 0.15) is 124 Å². The Bertz CT molecular complexity index is 5910. The largest absolute Gasteiger partial charge is 0.534 e. The van der Waals surface area contributed by atoms with Gasteiger partial charge in [0.2, 0.25) is 0 Å². The second-order valence-electron chi connectivity index (χ2n) is 25.1. The number of rotatable bonds is 18.